The Kier molecular flexibility index (Phi) is 6.83. The third-order valence-electron chi connectivity index (χ3n) is 3.29. The molecule has 114 valence electrons. The van der Waals surface area contributed by atoms with Crippen molar-refractivity contribution in [3.63, 3.8) is 0 Å². The van der Waals surface area contributed by atoms with Gasteiger partial charge in [0.05, 0.1) is 0 Å². The molecule has 0 radical (unpaired) electrons. The van der Waals surface area contributed by atoms with E-state index in [9.17, 15) is 18.0 Å². The van der Waals surface area contributed by atoms with Crippen LogP contribution in [0.5, 0.6) is 0 Å². The van der Waals surface area contributed by atoms with Crippen molar-refractivity contribution in [2.75, 3.05) is 20.1 Å². The molecule has 19 heavy (non-hydrogen) atoms. The molecule has 1 unspecified atom stereocenters. The predicted molar refractivity (Wildman–Crippen MR) is 69.5 cm³/mol. The summed E-state index contributed by atoms with van der Waals surface area (Å²) < 4.78 is 36.5. The SMILES string of the molecule is CN(CC(F)(F)F)C(=O)CCC(CCN)C(C)(C)C. The Morgan fingerprint density at radius 1 is 1.21 bits per heavy atom. The summed E-state index contributed by atoms with van der Waals surface area (Å²) in [5.74, 6) is -0.232. The van der Waals surface area contributed by atoms with E-state index in [0.717, 1.165) is 11.3 Å². The maximum absolute atomic E-state index is 12.2. The molecule has 0 spiro atoms. The lowest BCUT2D eigenvalue weighted by atomic mass is 9.76. The number of hydrogen-bond donors (Lipinski definition) is 1. The van der Waals surface area contributed by atoms with Crippen LogP contribution in [0.3, 0.4) is 0 Å². The first-order valence-corrected chi connectivity index (χ1v) is 6.48. The number of hydrogen-bond acceptors (Lipinski definition) is 2. The Morgan fingerprint density at radius 2 is 1.74 bits per heavy atom. The molecule has 2 N–H and O–H groups in total. The minimum absolute atomic E-state index is 0.00223. The van der Waals surface area contributed by atoms with Gasteiger partial charge >= 0.3 is 6.18 Å². The zero-order chi connectivity index (χ0) is 15.3. The monoisotopic (exact) mass is 282 g/mol. The average molecular weight is 282 g/mol. The van der Waals surface area contributed by atoms with Crippen LogP contribution in [0.1, 0.15) is 40.0 Å². The summed E-state index contributed by atoms with van der Waals surface area (Å²) in [5.41, 5.74) is 5.53. The predicted octanol–water partition coefficient (Wildman–Crippen LogP) is 2.80. The van der Waals surface area contributed by atoms with Crippen LogP contribution in [-0.2, 0) is 4.79 Å². The normalized spacial score (nSPS) is 14.3. The number of alkyl halides is 3. The summed E-state index contributed by atoms with van der Waals surface area (Å²) in [7, 11) is 1.19. The fourth-order valence-electron chi connectivity index (χ4n) is 2.06. The summed E-state index contributed by atoms with van der Waals surface area (Å²) in [4.78, 5) is 12.4. The second-order valence-electron chi connectivity index (χ2n) is 6.04. The highest BCUT2D eigenvalue weighted by Gasteiger charge is 2.31. The number of nitrogens with two attached hydrogens (primary N) is 1. The van der Waals surface area contributed by atoms with Gasteiger partial charge in [0.2, 0.25) is 5.91 Å². The van der Waals surface area contributed by atoms with Gasteiger partial charge in [0.15, 0.2) is 0 Å². The lowest BCUT2D eigenvalue weighted by Gasteiger charge is -2.31. The van der Waals surface area contributed by atoms with Crippen molar-refractivity contribution in [1.29, 1.82) is 0 Å². The average Bonchev–Trinajstić information content (AvgIpc) is 2.19. The second-order valence-corrected chi connectivity index (χ2v) is 6.04. The van der Waals surface area contributed by atoms with E-state index in [1.54, 1.807) is 0 Å². The standard InChI is InChI=1S/C13H25F3N2O/c1-12(2,3)10(7-8-17)5-6-11(19)18(4)9-13(14,15)16/h10H,5-9,17H2,1-4H3. The minimum Gasteiger partial charge on any atom is -0.337 e. The number of carbonyl (C=O) groups is 1. The van der Waals surface area contributed by atoms with E-state index in [2.05, 4.69) is 20.8 Å². The third-order valence-corrected chi connectivity index (χ3v) is 3.29. The Balaban J connectivity index is 4.33. The summed E-state index contributed by atoms with van der Waals surface area (Å²) in [5, 5.41) is 0. The molecule has 1 atom stereocenters. The van der Waals surface area contributed by atoms with Crippen LogP contribution in [0.25, 0.3) is 0 Å². The molecule has 0 rings (SSSR count). The van der Waals surface area contributed by atoms with E-state index in [4.69, 9.17) is 5.73 Å². The van der Waals surface area contributed by atoms with Gasteiger partial charge < -0.3 is 10.6 Å². The van der Waals surface area contributed by atoms with Gasteiger partial charge in [0.25, 0.3) is 0 Å². The van der Waals surface area contributed by atoms with E-state index in [1.807, 2.05) is 0 Å². The number of carbonyl (C=O) groups excluding carboxylic acids is 1. The van der Waals surface area contributed by atoms with E-state index < -0.39 is 18.6 Å². The first-order chi connectivity index (χ1) is 8.47. The van der Waals surface area contributed by atoms with E-state index in [-0.39, 0.29) is 17.8 Å². The van der Waals surface area contributed by atoms with Crippen molar-refractivity contribution in [1.82, 2.24) is 4.90 Å². The fraction of sp³-hybridized carbons (Fsp3) is 0.923. The van der Waals surface area contributed by atoms with Crippen molar-refractivity contribution < 1.29 is 18.0 Å². The summed E-state index contributed by atoms with van der Waals surface area (Å²) in [6.45, 7) is 5.49. The highest BCUT2D eigenvalue weighted by Crippen LogP contribution is 2.32. The zero-order valence-electron chi connectivity index (χ0n) is 12.2. The van der Waals surface area contributed by atoms with Crippen molar-refractivity contribution in [2.24, 2.45) is 17.1 Å². The van der Waals surface area contributed by atoms with Crippen LogP contribution in [0.2, 0.25) is 0 Å². The molecule has 1 amide bonds. The molecule has 6 heteroatoms. The van der Waals surface area contributed by atoms with E-state index >= 15 is 0 Å². The number of halogens is 3. The molecule has 0 aliphatic rings. The molecule has 0 saturated heterocycles. The first-order valence-electron chi connectivity index (χ1n) is 6.48. The van der Waals surface area contributed by atoms with Crippen molar-refractivity contribution >= 4 is 5.91 Å². The fourth-order valence-corrected chi connectivity index (χ4v) is 2.06. The second kappa shape index (κ2) is 7.12. The lowest BCUT2D eigenvalue weighted by molar-refractivity contribution is -0.158. The van der Waals surface area contributed by atoms with E-state index in [1.165, 1.54) is 7.05 Å². The number of nitrogens with zero attached hydrogens (tertiary/aromatic N) is 1. The topological polar surface area (TPSA) is 46.3 Å². The highest BCUT2D eigenvalue weighted by atomic mass is 19.4. The molecule has 0 bridgehead atoms. The van der Waals surface area contributed by atoms with Crippen molar-refractivity contribution in [3.05, 3.63) is 0 Å². The molecule has 0 saturated carbocycles. The molecule has 0 aliphatic carbocycles. The Labute approximate surface area is 113 Å². The van der Waals surface area contributed by atoms with Crippen molar-refractivity contribution in [2.45, 2.75) is 46.2 Å². The van der Waals surface area contributed by atoms with Gasteiger partial charge in [-0.3, -0.25) is 4.79 Å². The summed E-state index contributed by atoms with van der Waals surface area (Å²) in [6.07, 6.45) is -2.86. The molecular weight excluding hydrogens is 257 g/mol. The smallest absolute Gasteiger partial charge is 0.337 e. The van der Waals surface area contributed by atoms with Crippen LogP contribution in [0, 0.1) is 11.3 Å². The van der Waals surface area contributed by atoms with E-state index in [0.29, 0.717) is 13.0 Å². The van der Waals surface area contributed by atoms with Gasteiger partial charge in [0, 0.05) is 13.5 Å². The van der Waals surface area contributed by atoms with Gasteiger partial charge in [-0.15, -0.1) is 0 Å². The molecule has 0 aromatic carbocycles. The summed E-state index contributed by atoms with van der Waals surface area (Å²) in [6, 6.07) is 0. The minimum atomic E-state index is -4.34. The molecule has 0 aromatic heterocycles. The zero-order valence-corrected chi connectivity index (χ0v) is 12.2. The van der Waals surface area contributed by atoms with Gasteiger partial charge in [-0.1, -0.05) is 20.8 Å². The largest absolute Gasteiger partial charge is 0.406 e. The number of rotatable bonds is 6. The molecule has 0 aromatic rings. The van der Waals surface area contributed by atoms with Crippen molar-refractivity contribution in [3.8, 4) is 0 Å². The van der Waals surface area contributed by atoms with Gasteiger partial charge in [0.1, 0.15) is 6.54 Å². The van der Waals surface area contributed by atoms with Crippen LogP contribution in [-0.4, -0.2) is 37.1 Å². The quantitative estimate of drug-likeness (QED) is 0.814. The molecular formula is C13H25F3N2O. The third kappa shape index (κ3) is 8.08. The van der Waals surface area contributed by atoms with Gasteiger partial charge in [-0.05, 0) is 30.7 Å². The Hall–Kier alpha value is -0.780. The maximum atomic E-state index is 12.2. The summed E-state index contributed by atoms with van der Waals surface area (Å²) >= 11 is 0. The molecule has 0 fully saturated rings. The van der Waals surface area contributed by atoms with Gasteiger partial charge in [-0.25, -0.2) is 0 Å². The molecule has 0 aliphatic heterocycles. The molecule has 3 nitrogen and oxygen atoms in total. The van der Waals surface area contributed by atoms with Crippen LogP contribution in [0.15, 0.2) is 0 Å². The lowest BCUT2D eigenvalue weighted by Crippen LogP contribution is -2.36. The van der Waals surface area contributed by atoms with Crippen LogP contribution in [0.4, 0.5) is 13.2 Å². The van der Waals surface area contributed by atoms with Crippen LogP contribution < -0.4 is 5.73 Å². The highest BCUT2D eigenvalue weighted by molar-refractivity contribution is 5.75. The van der Waals surface area contributed by atoms with Crippen LogP contribution >= 0.6 is 0 Å². The molecule has 0 heterocycles. The number of amides is 1. The first kappa shape index (κ1) is 18.2. The maximum Gasteiger partial charge on any atom is 0.406 e. The van der Waals surface area contributed by atoms with Gasteiger partial charge in [-0.2, -0.15) is 13.2 Å². The Bertz CT molecular complexity index is 285. The Morgan fingerprint density at radius 3 is 2.11 bits per heavy atom.